The van der Waals surface area contributed by atoms with Crippen molar-refractivity contribution in [1.29, 1.82) is 0 Å². The van der Waals surface area contributed by atoms with Crippen LogP contribution in [0.5, 0.6) is 0 Å². The van der Waals surface area contributed by atoms with Crippen molar-refractivity contribution in [2.45, 2.75) is 33.2 Å². The van der Waals surface area contributed by atoms with Gasteiger partial charge in [0, 0.05) is 33.2 Å². The molecule has 2 amide bonds. The molecule has 0 radical (unpaired) electrons. The van der Waals surface area contributed by atoms with E-state index in [2.05, 4.69) is 0 Å². The molecule has 0 bridgehead atoms. The van der Waals surface area contributed by atoms with E-state index in [0.717, 1.165) is 0 Å². The summed E-state index contributed by atoms with van der Waals surface area (Å²) in [5.41, 5.74) is 0. The molecule has 5 heteroatoms. The molecular weight excluding hydrogens is 208 g/mol. The Bertz CT molecular complexity index is 241. The minimum absolute atomic E-state index is 0.0685. The highest BCUT2D eigenvalue weighted by atomic mass is 16.3. The molecule has 0 fully saturated rings. The normalized spacial score (nSPS) is 10.4. The summed E-state index contributed by atoms with van der Waals surface area (Å²) in [5, 5.41) is 8.75. The van der Waals surface area contributed by atoms with Crippen LogP contribution in [-0.4, -0.2) is 59.5 Å². The van der Waals surface area contributed by atoms with Crippen molar-refractivity contribution in [2.75, 3.05) is 26.7 Å². The third kappa shape index (κ3) is 5.11. The second-order valence-electron chi connectivity index (χ2n) is 4.13. The van der Waals surface area contributed by atoms with E-state index < -0.39 is 0 Å². The average molecular weight is 230 g/mol. The van der Waals surface area contributed by atoms with E-state index in [4.69, 9.17) is 5.11 Å². The molecule has 0 aliphatic carbocycles. The number of aliphatic hydroxyl groups excluding tert-OH is 1. The Hall–Kier alpha value is -1.10. The molecule has 0 spiro atoms. The first kappa shape index (κ1) is 14.9. The molecule has 0 saturated carbocycles. The fourth-order valence-corrected chi connectivity index (χ4v) is 1.32. The standard InChI is InChI=1S/C11H22N2O3/c1-9(2)13(6-5-7-14)11(16)8-12(4)10(3)15/h9,14H,5-8H2,1-4H3. The number of hydrogen-bond acceptors (Lipinski definition) is 3. The van der Waals surface area contributed by atoms with Crippen molar-refractivity contribution in [3.05, 3.63) is 0 Å². The second-order valence-corrected chi connectivity index (χ2v) is 4.13. The SMILES string of the molecule is CC(=O)N(C)CC(=O)N(CCCO)C(C)C. The van der Waals surface area contributed by atoms with E-state index in [1.807, 2.05) is 13.8 Å². The summed E-state index contributed by atoms with van der Waals surface area (Å²) < 4.78 is 0. The Kier molecular flexibility index (Phi) is 6.72. The van der Waals surface area contributed by atoms with Crippen LogP contribution in [0.25, 0.3) is 0 Å². The third-order valence-corrected chi connectivity index (χ3v) is 2.41. The number of likely N-dealkylation sites (N-methyl/N-ethyl adjacent to an activating group) is 1. The lowest BCUT2D eigenvalue weighted by Gasteiger charge is -2.28. The topological polar surface area (TPSA) is 60.9 Å². The van der Waals surface area contributed by atoms with Crippen molar-refractivity contribution >= 4 is 11.8 Å². The summed E-state index contributed by atoms with van der Waals surface area (Å²) in [5.74, 6) is -0.208. The highest BCUT2D eigenvalue weighted by molar-refractivity contribution is 5.83. The Morgan fingerprint density at radius 1 is 1.31 bits per heavy atom. The van der Waals surface area contributed by atoms with Crippen molar-refractivity contribution in [3.8, 4) is 0 Å². The van der Waals surface area contributed by atoms with Gasteiger partial charge in [-0.25, -0.2) is 0 Å². The number of aliphatic hydroxyl groups is 1. The average Bonchev–Trinajstić information content (AvgIpc) is 2.17. The Morgan fingerprint density at radius 2 is 1.88 bits per heavy atom. The monoisotopic (exact) mass is 230 g/mol. The largest absolute Gasteiger partial charge is 0.396 e. The Labute approximate surface area is 97.0 Å². The van der Waals surface area contributed by atoms with Crippen LogP contribution in [0.1, 0.15) is 27.2 Å². The number of hydrogen-bond donors (Lipinski definition) is 1. The number of carbonyl (C=O) groups is 2. The number of rotatable bonds is 6. The van der Waals surface area contributed by atoms with Crippen LogP contribution in [0.2, 0.25) is 0 Å². The van der Waals surface area contributed by atoms with Gasteiger partial charge in [-0.2, -0.15) is 0 Å². The number of carbonyl (C=O) groups excluding carboxylic acids is 2. The first-order chi connectivity index (χ1) is 7.40. The first-order valence-electron chi connectivity index (χ1n) is 5.52. The smallest absolute Gasteiger partial charge is 0.242 e. The zero-order valence-electron chi connectivity index (χ0n) is 10.6. The zero-order valence-corrected chi connectivity index (χ0v) is 10.6. The minimum Gasteiger partial charge on any atom is -0.396 e. The van der Waals surface area contributed by atoms with Gasteiger partial charge in [0.15, 0.2) is 0 Å². The van der Waals surface area contributed by atoms with E-state index in [0.29, 0.717) is 13.0 Å². The van der Waals surface area contributed by atoms with E-state index in [9.17, 15) is 9.59 Å². The molecule has 16 heavy (non-hydrogen) atoms. The summed E-state index contributed by atoms with van der Waals surface area (Å²) in [6.07, 6.45) is 0.563. The van der Waals surface area contributed by atoms with Gasteiger partial charge in [0.25, 0.3) is 0 Å². The molecule has 94 valence electrons. The van der Waals surface area contributed by atoms with Crippen molar-refractivity contribution in [1.82, 2.24) is 9.80 Å². The van der Waals surface area contributed by atoms with Crippen LogP contribution in [0.15, 0.2) is 0 Å². The van der Waals surface area contributed by atoms with Crippen molar-refractivity contribution in [2.24, 2.45) is 0 Å². The summed E-state index contributed by atoms with van der Waals surface area (Å²) in [6, 6.07) is 0.0828. The van der Waals surface area contributed by atoms with Gasteiger partial charge in [0.2, 0.25) is 11.8 Å². The molecule has 0 atom stereocenters. The maximum absolute atomic E-state index is 11.9. The minimum atomic E-state index is -0.126. The quantitative estimate of drug-likeness (QED) is 0.703. The maximum Gasteiger partial charge on any atom is 0.242 e. The summed E-state index contributed by atoms with van der Waals surface area (Å²) in [6.45, 7) is 5.96. The lowest BCUT2D eigenvalue weighted by atomic mass is 10.2. The van der Waals surface area contributed by atoms with Crippen molar-refractivity contribution in [3.63, 3.8) is 0 Å². The molecule has 5 nitrogen and oxygen atoms in total. The zero-order chi connectivity index (χ0) is 12.7. The predicted molar refractivity (Wildman–Crippen MR) is 61.9 cm³/mol. The van der Waals surface area contributed by atoms with Crippen LogP contribution in [0.3, 0.4) is 0 Å². The first-order valence-corrected chi connectivity index (χ1v) is 5.52. The molecule has 1 N–H and O–H groups in total. The molecule has 0 aromatic heterocycles. The molecule has 0 unspecified atom stereocenters. The molecule has 0 heterocycles. The van der Waals surface area contributed by atoms with E-state index in [1.54, 1.807) is 11.9 Å². The molecule has 0 aliphatic rings. The fraction of sp³-hybridized carbons (Fsp3) is 0.818. The van der Waals surface area contributed by atoms with Crippen LogP contribution in [-0.2, 0) is 9.59 Å². The van der Waals surface area contributed by atoms with E-state index >= 15 is 0 Å². The molecular formula is C11H22N2O3. The third-order valence-electron chi connectivity index (χ3n) is 2.41. The van der Waals surface area contributed by atoms with Crippen LogP contribution >= 0.6 is 0 Å². The lowest BCUT2D eigenvalue weighted by molar-refractivity contribution is -0.139. The van der Waals surface area contributed by atoms with Gasteiger partial charge in [-0.15, -0.1) is 0 Å². The van der Waals surface area contributed by atoms with Crippen LogP contribution in [0.4, 0.5) is 0 Å². The van der Waals surface area contributed by atoms with Gasteiger partial charge in [0.05, 0.1) is 6.54 Å². The van der Waals surface area contributed by atoms with Gasteiger partial charge in [-0.05, 0) is 20.3 Å². The second kappa shape index (κ2) is 7.22. The summed E-state index contributed by atoms with van der Waals surface area (Å²) >= 11 is 0. The highest BCUT2D eigenvalue weighted by Crippen LogP contribution is 2.02. The molecule has 0 aromatic rings. The highest BCUT2D eigenvalue weighted by Gasteiger charge is 2.18. The van der Waals surface area contributed by atoms with Crippen LogP contribution in [0, 0.1) is 0 Å². The number of amides is 2. The van der Waals surface area contributed by atoms with Crippen molar-refractivity contribution < 1.29 is 14.7 Å². The molecule has 0 aliphatic heterocycles. The predicted octanol–water partition coefficient (Wildman–Crippen LogP) is 0.0841. The van der Waals surface area contributed by atoms with Gasteiger partial charge in [-0.3, -0.25) is 9.59 Å². The van der Waals surface area contributed by atoms with E-state index in [-0.39, 0.29) is 31.0 Å². The van der Waals surface area contributed by atoms with Gasteiger partial charge in [0.1, 0.15) is 0 Å². The molecule has 0 rings (SSSR count). The maximum atomic E-state index is 11.9. The Balaban J connectivity index is 4.32. The van der Waals surface area contributed by atoms with E-state index in [1.165, 1.54) is 11.8 Å². The van der Waals surface area contributed by atoms with Gasteiger partial charge >= 0.3 is 0 Å². The number of nitrogens with zero attached hydrogens (tertiary/aromatic N) is 2. The molecule has 0 saturated heterocycles. The molecule has 0 aromatic carbocycles. The summed E-state index contributed by atoms with van der Waals surface area (Å²) in [4.78, 5) is 25.9. The van der Waals surface area contributed by atoms with Crippen LogP contribution < -0.4 is 0 Å². The lowest BCUT2D eigenvalue weighted by Crippen LogP contribution is -2.44. The fourth-order valence-electron chi connectivity index (χ4n) is 1.32. The Morgan fingerprint density at radius 3 is 2.25 bits per heavy atom. The van der Waals surface area contributed by atoms with Gasteiger partial charge in [-0.1, -0.05) is 0 Å². The summed E-state index contributed by atoms with van der Waals surface area (Å²) in [7, 11) is 1.60. The van der Waals surface area contributed by atoms with Gasteiger partial charge < -0.3 is 14.9 Å².